The molecule has 0 saturated heterocycles. The van der Waals surface area contributed by atoms with Gasteiger partial charge in [-0.25, -0.2) is 0 Å². The van der Waals surface area contributed by atoms with Gasteiger partial charge in [0.25, 0.3) is 5.69 Å². The molecule has 1 aromatic carbocycles. The Morgan fingerprint density at radius 1 is 1.33 bits per heavy atom. The minimum Gasteiger partial charge on any atom is -0.481 e. The summed E-state index contributed by atoms with van der Waals surface area (Å²) in [6.45, 7) is 2.75. The third-order valence-electron chi connectivity index (χ3n) is 2.82. The first-order chi connectivity index (χ1) is 9.92. The Hall–Kier alpha value is -2.48. The van der Waals surface area contributed by atoms with Gasteiger partial charge in [0.05, 0.1) is 17.9 Å². The maximum absolute atomic E-state index is 11.8. The molecule has 1 aromatic rings. The van der Waals surface area contributed by atoms with Gasteiger partial charge in [0, 0.05) is 24.4 Å². The number of nitro groups is 1. The van der Waals surface area contributed by atoms with Crippen molar-refractivity contribution in [1.82, 2.24) is 4.90 Å². The van der Waals surface area contributed by atoms with E-state index < -0.39 is 10.9 Å². The fourth-order valence-electron chi connectivity index (χ4n) is 1.67. The average Bonchev–Trinajstić information content (AvgIpc) is 2.43. The number of carbonyl (C=O) groups excluding carboxylic acids is 1. The number of carboxylic acid groups (broad SMARTS) is 1. The van der Waals surface area contributed by atoms with Gasteiger partial charge >= 0.3 is 5.97 Å². The molecule has 0 bridgehead atoms. The predicted octanol–water partition coefficient (Wildman–Crippen LogP) is 1.33. The van der Waals surface area contributed by atoms with Crippen LogP contribution in [0.15, 0.2) is 24.3 Å². The molecule has 0 atom stereocenters. The molecule has 8 heteroatoms. The lowest BCUT2D eigenvalue weighted by Gasteiger charge is -2.18. The number of benzene rings is 1. The van der Waals surface area contributed by atoms with Gasteiger partial charge in [0.1, 0.15) is 0 Å². The Balaban J connectivity index is 2.51. The molecule has 21 heavy (non-hydrogen) atoms. The second-order valence-corrected chi connectivity index (χ2v) is 4.36. The molecule has 0 saturated carbocycles. The van der Waals surface area contributed by atoms with Gasteiger partial charge in [-0.3, -0.25) is 24.6 Å². The van der Waals surface area contributed by atoms with E-state index >= 15 is 0 Å². The van der Waals surface area contributed by atoms with Gasteiger partial charge in [0.15, 0.2) is 0 Å². The third kappa shape index (κ3) is 6.00. The predicted molar refractivity (Wildman–Crippen MR) is 76.1 cm³/mol. The van der Waals surface area contributed by atoms with Crippen molar-refractivity contribution >= 4 is 23.3 Å². The Morgan fingerprint density at radius 3 is 2.43 bits per heavy atom. The van der Waals surface area contributed by atoms with Crippen LogP contribution in [0.25, 0.3) is 0 Å². The van der Waals surface area contributed by atoms with E-state index in [2.05, 4.69) is 5.32 Å². The Morgan fingerprint density at radius 2 is 1.95 bits per heavy atom. The molecule has 0 radical (unpaired) electrons. The van der Waals surface area contributed by atoms with Crippen LogP contribution in [0.2, 0.25) is 0 Å². The van der Waals surface area contributed by atoms with E-state index in [4.69, 9.17) is 5.11 Å². The van der Waals surface area contributed by atoms with Crippen molar-refractivity contribution in [3.05, 3.63) is 34.4 Å². The number of non-ortho nitro benzene ring substituents is 1. The number of aliphatic carboxylic acids is 1. The van der Waals surface area contributed by atoms with Crippen LogP contribution in [-0.2, 0) is 9.59 Å². The molecule has 0 aliphatic carbocycles. The van der Waals surface area contributed by atoms with Crippen LogP contribution < -0.4 is 5.32 Å². The maximum Gasteiger partial charge on any atom is 0.304 e. The number of hydrogen-bond donors (Lipinski definition) is 2. The lowest BCUT2D eigenvalue weighted by atomic mass is 10.3. The van der Waals surface area contributed by atoms with Crippen molar-refractivity contribution in [2.24, 2.45) is 0 Å². The minimum absolute atomic E-state index is 0.0291. The summed E-state index contributed by atoms with van der Waals surface area (Å²) in [5, 5.41) is 21.7. The van der Waals surface area contributed by atoms with Crippen LogP contribution in [-0.4, -0.2) is 46.4 Å². The van der Waals surface area contributed by atoms with Gasteiger partial charge in [-0.1, -0.05) is 6.92 Å². The normalized spacial score (nSPS) is 10.4. The van der Waals surface area contributed by atoms with Gasteiger partial charge in [-0.2, -0.15) is 0 Å². The van der Waals surface area contributed by atoms with Crippen molar-refractivity contribution < 1.29 is 19.6 Å². The number of nitrogens with one attached hydrogen (secondary N) is 1. The highest BCUT2D eigenvalue weighted by molar-refractivity contribution is 5.92. The van der Waals surface area contributed by atoms with Gasteiger partial charge < -0.3 is 10.4 Å². The number of hydrogen-bond acceptors (Lipinski definition) is 5. The summed E-state index contributed by atoms with van der Waals surface area (Å²) in [6, 6.07) is 5.50. The van der Waals surface area contributed by atoms with E-state index in [0.29, 0.717) is 18.8 Å². The Kier molecular flexibility index (Phi) is 6.28. The molecule has 114 valence electrons. The lowest BCUT2D eigenvalue weighted by molar-refractivity contribution is -0.384. The molecule has 0 aromatic heterocycles. The zero-order chi connectivity index (χ0) is 15.8. The highest BCUT2D eigenvalue weighted by atomic mass is 16.6. The molecule has 0 spiro atoms. The topological polar surface area (TPSA) is 113 Å². The molecule has 0 heterocycles. The van der Waals surface area contributed by atoms with Crippen molar-refractivity contribution in [2.75, 3.05) is 25.0 Å². The number of carbonyl (C=O) groups is 2. The second-order valence-electron chi connectivity index (χ2n) is 4.36. The van der Waals surface area contributed by atoms with Crippen molar-refractivity contribution in [2.45, 2.75) is 13.3 Å². The number of anilines is 1. The molecular weight excluding hydrogens is 278 g/mol. The largest absolute Gasteiger partial charge is 0.481 e. The number of amides is 1. The third-order valence-corrected chi connectivity index (χ3v) is 2.82. The molecule has 2 N–H and O–H groups in total. The summed E-state index contributed by atoms with van der Waals surface area (Å²) in [5.74, 6) is -1.21. The zero-order valence-corrected chi connectivity index (χ0v) is 11.6. The van der Waals surface area contributed by atoms with Gasteiger partial charge in [-0.05, 0) is 18.7 Å². The molecule has 1 amide bonds. The van der Waals surface area contributed by atoms with Crippen LogP contribution in [0.4, 0.5) is 11.4 Å². The van der Waals surface area contributed by atoms with Crippen LogP contribution >= 0.6 is 0 Å². The van der Waals surface area contributed by atoms with Gasteiger partial charge in [-0.15, -0.1) is 0 Å². The molecule has 8 nitrogen and oxygen atoms in total. The maximum atomic E-state index is 11.8. The molecule has 1 rings (SSSR count). The fraction of sp³-hybridized carbons (Fsp3) is 0.385. The van der Waals surface area contributed by atoms with Crippen molar-refractivity contribution in [3.63, 3.8) is 0 Å². The zero-order valence-electron chi connectivity index (χ0n) is 11.6. The SMILES string of the molecule is CCN(CCC(=O)O)CC(=O)Nc1ccc([N+](=O)[O-])cc1. The van der Waals surface area contributed by atoms with E-state index in [9.17, 15) is 19.7 Å². The second kappa shape index (κ2) is 7.95. The summed E-state index contributed by atoms with van der Waals surface area (Å²) in [7, 11) is 0. The molecule has 0 fully saturated rings. The number of likely N-dealkylation sites (N-methyl/N-ethyl adjacent to an activating group) is 1. The number of rotatable bonds is 8. The first kappa shape index (κ1) is 16.6. The number of nitrogens with zero attached hydrogens (tertiary/aromatic N) is 2. The highest BCUT2D eigenvalue weighted by Crippen LogP contribution is 2.15. The van der Waals surface area contributed by atoms with E-state index in [-0.39, 0.29) is 24.6 Å². The van der Waals surface area contributed by atoms with Crippen LogP contribution in [0.1, 0.15) is 13.3 Å². The Bertz CT molecular complexity index is 515. The van der Waals surface area contributed by atoms with Crippen molar-refractivity contribution in [1.29, 1.82) is 0 Å². The summed E-state index contributed by atoms with van der Waals surface area (Å²) in [5.41, 5.74) is 0.407. The van der Waals surface area contributed by atoms with E-state index in [1.807, 2.05) is 6.92 Å². The smallest absolute Gasteiger partial charge is 0.304 e. The monoisotopic (exact) mass is 295 g/mol. The summed E-state index contributed by atoms with van der Waals surface area (Å²) in [4.78, 5) is 34.0. The number of nitro benzene ring substituents is 1. The van der Waals surface area contributed by atoms with Gasteiger partial charge in [0.2, 0.25) is 5.91 Å². The number of carboxylic acids is 1. The first-order valence-corrected chi connectivity index (χ1v) is 6.40. The molecule has 0 unspecified atom stereocenters. The minimum atomic E-state index is -0.913. The standard InChI is InChI=1S/C13H17N3O5/c1-2-15(8-7-13(18)19)9-12(17)14-10-3-5-11(6-4-10)16(20)21/h3-6H,2,7-9H2,1H3,(H,14,17)(H,18,19). The van der Waals surface area contributed by atoms with Crippen LogP contribution in [0.3, 0.4) is 0 Å². The van der Waals surface area contributed by atoms with E-state index in [0.717, 1.165) is 0 Å². The van der Waals surface area contributed by atoms with E-state index in [1.165, 1.54) is 24.3 Å². The van der Waals surface area contributed by atoms with Crippen LogP contribution in [0, 0.1) is 10.1 Å². The summed E-state index contributed by atoms with van der Waals surface area (Å²) in [6.07, 6.45) is -0.0291. The summed E-state index contributed by atoms with van der Waals surface area (Å²) < 4.78 is 0. The van der Waals surface area contributed by atoms with Crippen LogP contribution in [0.5, 0.6) is 0 Å². The molecular formula is C13H17N3O5. The fourth-order valence-corrected chi connectivity index (χ4v) is 1.67. The molecule has 0 aliphatic rings. The average molecular weight is 295 g/mol. The highest BCUT2D eigenvalue weighted by Gasteiger charge is 2.11. The first-order valence-electron chi connectivity index (χ1n) is 6.40. The molecule has 0 aliphatic heterocycles. The van der Waals surface area contributed by atoms with E-state index in [1.54, 1.807) is 4.90 Å². The van der Waals surface area contributed by atoms with Crippen molar-refractivity contribution in [3.8, 4) is 0 Å². The quantitative estimate of drug-likeness (QED) is 0.552. The lowest BCUT2D eigenvalue weighted by Crippen LogP contribution is -2.34. The Labute approximate surface area is 121 Å². The summed E-state index contributed by atoms with van der Waals surface area (Å²) >= 11 is 0.